The molecule has 0 saturated heterocycles. The molecule has 3 heterocycles. The van der Waals surface area contributed by atoms with Gasteiger partial charge in [-0.15, -0.1) is 5.10 Å². The number of rotatable bonds is 6. The summed E-state index contributed by atoms with van der Waals surface area (Å²) in [6.07, 6.45) is 5.35. The Bertz CT molecular complexity index is 1250. The molecule has 8 nitrogen and oxygen atoms in total. The third kappa shape index (κ3) is 4.39. The van der Waals surface area contributed by atoms with E-state index in [4.69, 9.17) is 4.74 Å². The van der Waals surface area contributed by atoms with Gasteiger partial charge in [0.1, 0.15) is 11.0 Å². The Balaban J connectivity index is 1.16. The second-order valence-corrected chi connectivity index (χ2v) is 8.86. The number of aromatic nitrogens is 4. The maximum atomic E-state index is 12.9. The fraction of sp³-hybridized carbons (Fsp3) is 0.348. The Labute approximate surface area is 189 Å². The van der Waals surface area contributed by atoms with Gasteiger partial charge in [-0.1, -0.05) is 10.6 Å². The zero-order valence-corrected chi connectivity index (χ0v) is 18.6. The predicted octanol–water partition coefficient (Wildman–Crippen LogP) is 3.93. The van der Waals surface area contributed by atoms with Gasteiger partial charge in [0.05, 0.1) is 23.0 Å². The number of hydrogen-bond donors (Lipinski definition) is 2. The standard InChI is InChI=1S/C23H24N6O2S/c1-31-21-9-7-17-22(27-21)18(10-11-24-17)26-23(30)15-3-5-16(6-4-15)25-13-14-2-8-20-19(12-14)28-29-32-20/h2,7-12,15-16,25H,3-6,13H2,1H3,(H,24,26,30). The number of hydrogen-bond acceptors (Lipinski definition) is 8. The van der Waals surface area contributed by atoms with Gasteiger partial charge in [-0.25, -0.2) is 4.98 Å². The van der Waals surface area contributed by atoms with Crippen LogP contribution in [0.1, 0.15) is 31.2 Å². The minimum absolute atomic E-state index is 0.000644. The Hall–Kier alpha value is -3.17. The van der Waals surface area contributed by atoms with Gasteiger partial charge in [-0.05, 0) is 67.0 Å². The van der Waals surface area contributed by atoms with E-state index in [-0.39, 0.29) is 11.8 Å². The number of carbonyl (C=O) groups is 1. The molecule has 9 heteroatoms. The van der Waals surface area contributed by atoms with Gasteiger partial charge in [0.2, 0.25) is 11.8 Å². The van der Waals surface area contributed by atoms with Crippen LogP contribution in [0.4, 0.5) is 5.69 Å². The van der Waals surface area contributed by atoms with E-state index in [9.17, 15) is 4.79 Å². The highest BCUT2D eigenvalue weighted by Crippen LogP contribution is 2.28. The molecule has 0 atom stereocenters. The number of nitrogens with zero attached hydrogens (tertiary/aromatic N) is 4. The number of benzene rings is 1. The average Bonchev–Trinajstić information content (AvgIpc) is 3.31. The van der Waals surface area contributed by atoms with Crippen molar-refractivity contribution in [2.45, 2.75) is 38.3 Å². The smallest absolute Gasteiger partial charge is 0.227 e. The summed E-state index contributed by atoms with van der Waals surface area (Å²) in [6, 6.07) is 12.1. The van der Waals surface area contributed by atoms with Crippen molar-refractivity contribution in [1.82, 2.24) is 24.9 Å². The number of anilines is 1. The second kappa shape index (κ2) is 9.13. The number of methoxy groups -OCH3 is 1. The van der Waals surface area contributed by atoms with Crippen LogP contribution in [-0.4, -0.2) is 38.6 Å². The summed E-state index contributed by atoms with van der Waals surface area (Å²) in [7, 11) is 1.57. The van der Waals surface area contributed by atoms with Crippen LogP contribution in [0, 0.1) is 5.92 Å². The fourth-order valence-corrected chi connectivity index (χ4v) is 4.75. The highest BCUT2D eigenvalue weighted by molar-refractivity contribution is 7.12. The fourth-order valence-electron chi connectivity index (χ4n) is 4.22. The summed E-state index contributed by atoms with van der Waals surface area (Å²) in [5, 5.41) is 10.8. The molecule has 0 unspecified atom stereocenters. The highest BCUT2D eigenvalue weighted by Gasteiger charge is 2.26. The van der Waals surface area contributed by atoms with E-state index in [0.29, 0.717) is 23.1 Å². The number of ether oxygens (including phenoxy) is 1. The van der Waals surface area contributed by atoms with Crippen molar-refractivity contribution in [3.05, 3.63) is 48.2 Å². The molecule has 3 aromatic heterocycles. The quantitative estimate of drug-likeness (QED) is 0.461. The molecule has 1 amide bonds. The number of fused-ring (bicyclic) bond motifs is 2. The van der Waals surface area contributed by atoms with Gasteiger partial charge < -0.3 is 15.4 Å². The van der Waals surface area contributed by atoms with Crippen LogP contribution in [0.5, 0.6) is 5.88 Å². The van der Waals surface area contributed by atoms with Crippen molar-refractivity contribution >= 4 is 44.4 Å². The lowest BCUT2D eigenvalue weighted by Crippen LogP contribution is -2.36. The zero-order chi connectivity index (χ0) is 21.9. The third-order valence-corrected chi connectivity index (χ3v) is 6.73. The van der Waals surface area contributed by atoms with Crippen LogP contribution in [0.15, 0.2) is 42.6 Å². The van der Waals surface area contributed by atoms with Crippen molar-refractivity contribution in [3.8, 4) is 5.88 Å². The summed E-state index contributed by atoms with van der Waals surface area (Å²) in [6.45, 7) is 0.797. The van der Waals surface area contributed by atoms with Gasteiger partial charge in [0, 0.05) is 30.8 Å². The van der Waals surface area contributed by atoms with Crippen LogP contribution in [0.25, 0.3) is 21.3 Å². The van der Waals surface area contributed by atoms with E-state index in [2.05, 4.69) is 48.4 Å². The number of pyridine rings is 2. The van der Waals surface area contributed by atoms with Crippen LogP contribution < -0.4 is 15.4 Å². The predicted molar refractivity (Wildman–Crippen MR) is 125 cm³/mol. The first-order chi connectivity index (χ1) is 15.7. The van der Waals surface area contributed by atoms with Crippen LogP contribution in [0.3, 0.4) is 0 Å². The molecule has 0 aliphatic heterocycles. The highest BCUT2D eigenvalue weighted by atomic mass is 32.1. The molecule has 0 spiro atoms. The summed E-state index contributed by atoms with van der Waals surface area (Å²) in [4.78, 5) is 21.7. The molecule has 0 bridgehead atoms. The Morgan fingerprint density at radius 1 is 1.12 bits per heavy atom. The van der Waals surface area contributed by atoms with E-state index in [1.807, 2.05) is 6.07 Å². The first kappa shape index (κ1) is 20.7. The van der Waals surface area contributed by atoms with E-state index in [0.717, 1.165) is 48.0 Å². The molecular weight excluding hydrogens is 424 g/mol. The van der Waals surface area contributed by atoms with Crippen molar-refractivity contribution in [2.75, 3.05) is 12.4 Å². The summed E-state index contributed by atoms with van der Waals surface area (Å²) >= 11 is 1.41. The molecule has 32 heavy (non-hydrogen) atoms. The monoisotopic (exact) mass is 448 g/mol. The zero-order valence-electron chi connectivity index (χ0n) is 17.7. The number of nitrogens with one attached hydrogen (secondary N) is 2. The summed E-state index contributed by atoms with van der Waals surface area (Å²) in [5.74, 6) is 0.541. The molecule has 1 saturated carbocycles. The molecule has 1 aromatic carbocycles. The van der Waals surface area contributed by atoms with Crippen LogP contribution in [-0.2, 0) is 11.3 Å². The largest absolute Gasteiger partial charge is 0.481 e. The van der Waals surface area contributed by atoms with E-state index in [1.165, 1.54) is 17.1 Å². The lowest BCUT2D eigenvalue weighted by molar-refractivity contribution is -0.120. The number of amides is 1. The average molecular weight is 449 g/mol. The van der Waals surface area contributed by atoms with Gasteiger partial charge in [-0.3, -0.25) is 9.78 Å². The first-order valence-corrected chi connectivity index (χ1v) is 11.5. The molecule has 164 valence electrons. The summed E-state index contributed by atoms with van der Waals surface area (Å²) in [5.41, 5.74) is 4.19. The third-order valence-electron chi connectivity index (χ3n) is 6.03. The van der Waals surface area contributed by atoms with Crippen molar-refractivity contribution in [2.24, 2.45) is 5.92 Å². The summed E-state index contributed by atoms with van der Waals surface area (Å²) < 4.78 is 10.3. The van der Waals surface area contributed by atoms with Crippen molar-refractivity contribution < 1.29 is 9.53 Å². The van der Waals surface area contributed by atoms with Crippen molar-refractivity contribution in [3.63, 3.8) is 0 Å². The molecule has 1 aliphatic carbocycles. The minimum atomic E-state index is -0.000644. The minimum Gasteiger partial charge on any atom is -0.481 e. The van der Waals surface area contributed by atoms with Crippen LogP contribution >= 0.6 is 11.5 Å². The maximum absolute atomic E-state index is 12.9. The molecule has 5 rings (SSSR count). The van der Waals surface area contributed by atoms with Crippen LogP contribution in [0.2, 0.25) is 0 Å². The first-order valence-electron chi connectivity index (χ1n) is 10.7. The molecule has 1 fully saturated rings. The Morgan fingerprint density at radius 3 is 2.84 bits per heavy atom. The molecular formula is C23H24N6O2S. The topological polar surface area (TPSA) is 102 Å². The maximum Gasteiger partial charge on any atom is 0.227 e. The molecule has 0 radical (unpaired) electrons. The van der Waals surface area contributed by atoms with Gasteiger partial charge in [0.15, 0.2) is 0 Å². The molecule has 2 N–H and O–H groups in total. The lowest BCUT2D eigenvalue weighted by Gasteiger charge is -2.28. The van der Waals surface area contributed by atoms with E-state index >= 15 is 0 Å². The Morgan fingerprint density at radius 2 is 2.00 bits per heavy atom. The number of carbonyl (C=O) groups excluding carboxylic acids is 1. The SMILES string of the molecule is COc1ccc2nccc(NC(=O)C3CCC(NCc4ccc5snnc5c4)CC3)c2n1. The van der Waals surface area contributed by atoms with E-state index in [1.54, 1.807) is 25.4 Å². The normalized spacial score (nSPS) is 18.7. The van der Waals surface area contributed by atoms with E-state index < -0.39 is 0 Å². The van der Waals surface area contributed by atoms with Gasteiger partial charge >= 0.3 is 0 Å². The van der Waals surface area contributed by atoms with Gasteiger partial charge in [0.25, 0.3) is 0 Å². The van der Waals surface area contributed by atoms with Crippen molar-refractivity contribution in [1.29, 1.82) is 0 Å². The Kier molecular flexibility index (Phi) is 5.91. The lowest BCUT2D eigenvalue weighted by atomic mass is 9.85. The van der Waals surface area contributed by atoms with Gasteiger partial charge in [-0.2, -0.15) is 0 Å². The molecule has 1 aliphatic rings. The molecule has 4 aromatic rings. The second-order valence-electron chi connectivity index (χ2n) is 8.07.